The molecule has 0 saturated carbocycles. The minimum absolute atomic E-state index is 0.0130. The zero-order valence-corrected chi connectivity index (χ0v) is 13.9. The molecule has 1 saturated heterocycles. The van der Waals surface area contributed by atoms with Gasteiger partial charge in [0, 0.05) is 24.7 Å². The number of hydrogen-bond acceptors (Lipinski definition) is 4. The van der Waals surface area contributed by atoms with E-state index in [9.17, 15) is 9.50 Å². The predicted molar refractivity (Wildman–Crippen MR) is 92.2 cm³/mol. The van der Waals surface area contributed by atoms with Crippen LogP contribution in [-0.4, -0.2) is 35.8 Å². The van der Waals surface area contributed by atoms with Crippen molar-refractivity contribution >= 4 is 0 Å². The largest absolute Gasteiger partial charge is 0.388 e. The minimum atomic E-state index is -0.582. The summed E-state index contributed by atoms with van der Waals surface area (Å²) < 4.78 is 19.8. The van der Waals surface area contributed by atoms with E-state index >= 15 is 0 Å². The van der Waals surface area contributed by atoms with Crippen LogP contribution < -0.4 is 0 Å². The van der Waals surface area contributed by atoms with Gasteiger partial charge >= 0.3 is 0 Å². The molecule has 1 aliphatic heterocycles. The van der Waals surface area contributed by atoms with Gasteiger partial charge in [-0.05, 0) is 24.1 Å². The Hall–Kier alpha value is -2.26. The highest BCUT2D eigenvalue weighted by Crippen LogP contribution is 2.24. The summed E-state index contributed by atoms with van der Waals surface area (Å²) in [7, 11) is 0. The fourth-order valence-electron chi connectivity index (χ4n) is 3.15. The predicted octanol–water partition coefficient (Wildman–Crippen LogP) is 3.02. The maximum Gasteiger partial charge on any atom is 0.129 e. The van der Waals surface area contributed by atoms with Crippen LogP contribution >= 0.6 is 0 Å². The van der Waals surface area contributed by atoms with E-state index in [1.807, 2.05) is 36.4 Å². The maximum absolute atomic E-state index is 14.2. The zero-order valence-electron chi connectivity index (χ0n) is 13.9. The Balaban J connectivity index is 1.70. The topological polar surface area (TPSA) is 56.5 Å². The van der Waals surface area contributed by atoms with Crippen LogP contribution in [0.15, 0.2) is 48.5 Å². The Morgan fingerprint density at radius 3 is 2.80 bits per heavy atom. The van der Waals surface area contributed by atoms with Crippen LogP contribution in [0.5, 0.6) is 0 Å². The third-order valence-corrected chi connectivity index (χ3v) is 4.58. The van der Waals surface area contributed by atoms with Crippen molar-refractivity contribution in [3.8, 4) is 6.07 Å². The van der Waals surface area contributed by atoms with Crippen molar-refractivity contribution in [1.82, 2.24) is 4.90 Å². The molecule has 130 valence electrons. The first-order chi connectivity index (χ1) is 12.2. The Morgan fingerprint density at radius 2 is 2.08 bits per heavy atom. The number of morpholine rings is 1. The summed E-state index contributed by atoms with van der Waals surface area (Å²) in [5, 5.41) is 19.3. The SMILES string of the molecule is N#Cc1ccc(CN2CCOCC2CC(O)c2ccccc2)c(F)c1. The first-order valence-corrected chi connectivity index (χ1v) is 8.40. The average Bonchev–Trinajstić information content (AvgIpc) is 2.65. The van der Waals surface area contributed by atoms with E-state index in [1.165, 1.54) is 6.07 Å². The van der Waals surface area contributed by atoms with Crippen LogP contribution in [0.1, 0.15) is 29.2 Å². The van der Waals surface area contributed by atoms with E-state index < -0.39 is 6.10 Å². The molecule has 2 atom stereocenters. The number of hydrogen-bond donors (Lipinski definition) is 1. The molecular weight excluding hydrogens is 319 g/mol. The van der Waals surface area contributed by atoms with Crippen molar-refractivity contribution in [2.75, 3.05) is 19.8 Å². The van der Waals surface area contributed by atoms with Gasteiger partial charge in [-0.25, -0.2) is 4.39 Å². The molecule has 5 heteroatoms. The van der Waals surface area contributed by atoms with Gasteiger partial charge in [-0.3, -0.25) is 4.90 Å². The Bertz CT molecular complexity index is 745. The molecule has 0 bridgehead atoms. The Labute approximate surface area is 147 Å². The van der Waals surface area contributed by atoms with Gasteiger partial charge in [0.15, 0.2) is 0 Å². The van der Waals surface area contributed by atoms with Gasteiger partial charge in [0.2, 0.25) is 0 Å². The van der Waals surface area contributed by atoms with Crippen molar-refractivity contribution < 1.29 is 14.2 Å². The molecule has 1 N–H and O–H groups in total. The Morgan fingerprint density at radius 1 is 1.28 bits per heavy atom. The van der Waals surface area contributed by atoms with Crippen molar-refractivity contribution in [3.05, 3.63) is 71.0 Å². The quantitative estimate of drug-likeness (QED) is 0.909. The molecule has 25 heavy (non-hydrogen) atoms. The van der Waals surface area contributed by atoms with Crippen LogP contribution in [0.3, 0.4) is 0 Å². The van der Waals surface area contributed by atoms with Crippen LogP contribution in [0.2, 0.25) is 0 Å². The van der Waals surface area contributed by atoms with Gasteiger partial charge in [-0.2, -0.15) is 5.26 Å². The molecule has 0 spiro atoms. The summed E-state index contributed by atoms with van der Waals surface area (Å²) in [5.41, 5.74) is 1.75. The zero-order chi connectivity index (χ0) is 17.6. The number of rotatable bonds is 5. The van der Waals surface area contributed by atoms with Crippen LogP contribution in [0.25, 0.3) is 0 Å². The van der Waals surface area contributed by atoms with Gasteiger partial charge < -0.3 is 9.84 Å². The molecule has 0 aromatic heterocycles. The van der Waals surface area contributed by atoms with E-state index in [2.05, 4.69) is 4.90 Å². The van der Waals surface area contributed by atoms with E-state index in [-0.39, 0.29) is 11.9 Å². The molecule has 4 nitrogen and oxygen atoms in total. The lowest BCUT2D eigenvalue weighted by Gasteiger charge is -2.36. The summed E-state index contributed by atoms with van der Waals surface area (Å²) in [5.74, 6) is -0.368. The number of nitriles is 1. The second-order valence-electron chi connectivity index (χ2n) is 6.28. The van der Waals surface area contributed by atoms with Gasteiger partial charge in [-0.1, -0.05) is 36.4 Å². The first-order valence-electron chi connectivity index (χ1n) is 8.40. The van der Waals surface area contributed by atoms with Crippen LogP contribution in [0.4, 0.5) is 4.39 Å². The molecular formula is C20H21FN2O2. The fourth-order valence-corrected chi connectivity index (χ4v) is 3.15. The van der Waals surface area contributed by atoms with Gasteiger partial charge in [0.1, 0.15) is 5.82 Å². The number of aliphatic hydroxyl groups is 1. The molecule has 0 aliphatic carbocycles. The van der Waals surface area contributed by atoms with Crippen molar-refractivity contribution in [3.63, 3.8) is 0 Å². The standard InChI is InChI=1S/C20H21FN2O2/c21-19-10-15(12-22)6-7-17(19)13-23-8-9-25-14-18(23)11-20(24)16-4-2-1-3-5-16/h1-7,10,18,20,24H,8-9,11,13-14H2. The lowest BCUT2D eigenvalue weighted by atomic mass is 10.00. The molecule has 0 radical (unpaired) electrons. The molecule has 2 unspecified atom stereocenters. The molecule has 1 fully saturated rings. The normalized spacial score (nSPS) is 19.3. The molecule has 2 aromatic rings. The van der Waals surface area contributed by atoms with E-state index in [1.54, 1.807) is 12.1 Å². The van der Waals surface area contributed by atoms with Crippen LogP contribution in [-0.2, 0) is 11.3 Å². The lowest BCUT2D eigenvalue weighted by Crippen LogP contribution is -2.45. The molecule has 1 aliphatic rings. The first kappa shape index (κ1) is 17.6. The minimum Gasteiger partial charge on any atom is -0.388 e. The van der Waals surface area contributed by atoms with Gasteiger partial charge in [-0.15, -0.1) is 0 Å². The van der Waals surface area contributed by atoms with E-state index in [0.717, 1.165) is 5.56 Å². The highest BCUT2D eigenvalue weighted by molar-refractivity contribution is 5.32. The third kappa shape index (κ3) is 4.43. The average molecular weight is 340 g/mol. The summed E-state index contributed by atoms with van der Waals surface area (Å²) in [6.07, 6.45) is -0.0525. The highest BCUT2D eigenvalue weighted by atomic mass is 19.1. The summed E-state index contributed by atoms with van der Waals surface area (Å²) in [6, 6.07) is 16.0. The second kappa shape index (κ2) is 8.21. The summed E-state index contributed by atoms with van der Waals surface area (Å²) in [6.45, 7) is 2.23. The Kier molecular flexibility index (Phi) is 5.77. The van der Waals surface area contributed by atoms with Crippen molar-refractivity contribution in [2.24, 2.45) is 0 Å². The van der Waals surface area contributed by atoms with Gasteiger partial charge in [0.25, 0.3) is 0 Å². The summed E-state index contributed by atoms with van der Waals surface area (Å²) in [4.78, 5) is 2.14. The number of aliphatic hydroxyl groups excluding tert-OH is 1. The van der Waals surface area contributed by atoms with E-state index in [4.69, 9.17) is 10.00 Å². The third-order valence-electron chi connectivity index (χ3n) is 4.58. The molecule has 0 amide bonds. The number of ether oxygens (including phenoxy) is 1. The number of halogens is 1. The number of nitrogens with zero attached hydrogens (tertiary/aromatic N) is 2. The summed E-state index contributed by atoms with van der Waals surface area (Å²) >= 11 is 0. The monoisotopic (exact) mass is 340 g/mol. The molecule has 3 rings (SSSR count). The molecule has 1 heterocycles. The maximum atomic E-state index is 14.2. The second-order valence-corrected chi connectivity index (χ2v) is 6.28. The van der Waals surface area contributed by atoms with Crippen molar-refractivity contribution in [1.29, 1.82) is 5.26 Å². The van der Waals surface area contributed by atoms with Gasteiger partial charge in [0.05, 0.1) is 31.0 Å². The molecule has 2 aromatic carbocycles. The van der Waals surface area contributed by atoms with E-state index in [0.29, 0.717) is 43.9 Å². The number of benzene rings is 2. The lowest BCUT2D eigenvalue weighted by molar-refractivity contribution is -0.0303. The fraction of sp³-hybridized carbons (Fsp3) is 0.350. The highest BCUT2D eigenvalue weighted by Gasteiger charge is 2.26. The smallest absolute Gasteiger partial charge is 0.129 e. The van der Waals surface area contributed by atoms with Crippen LogP contribution in [0, 0.1) is 17.1 Å². The van der Waals surface area contributed by atoms with Crippen molar-refractivity contribution in [2.45, 2.75) is 25.1 Å².